The van der Waals surface area contributed by atoms with Crippen molar-refractivity contribution in [2.24, 2.45) is 0 Å². The van der Waals surface area contributed by atoms with Crippen molar-refractivity contribution in [3.05, 3.63) is 53.1 Å². The van der Waals surface area contributed by atoms with E-state index in [1.165, 1.54) is 5.56 Å². The van der Waals surface area contributed by atoms with E-state index in [2.05, 4.69) is 30.9 Å². The van der Waals surface area contributed by atoms with Gasteiger partial charge < -0.3 is 14.5 Å². The Morgan fingerprint density at radius 1 is 1.07 bits per heavy atom. The first kappa shape index (κ1) is 20.9. The second kappa shape index (κ2) is 8.82. The summed E-state index contributed by atoms with van der Waals surface area (Å²) >= 11 is 7.73. The summed E-state index contributed by atoms with van der Waals surface area (Å²) in [5.41, 5.74) is 2.22. The summed E-state index contributed by atoms with van der Waals surface area (Å²) in [7, 11) is 0. The second-order valence-corrected chi connectivity index (χ2v) is 9.35. The van der Waals surface area contributed by atoms with E-state index in [-0.39, 0.29) is 5.91 Å². The fraction of sp³-hybridized carbons (Fsp3) is 0.391. The fourth-order valence-corrected chi connectivity index (χ4v) is 4.88. The van der Waals surface area contributed by atoms with Gasteiger partial charge in [0, 0.05) is 31.2 Å². The number of thiazole rings is 1. The number of fused-ring (bicyclic) bond motifs is 1. The summed E-state index contributed by atoms with van der Waals surface area (Å²) in [6, 6.07) is 13.8. The predicted molar refractivity (Wildman–Crippen MR) is 124 cm³/mol. The second-order valence-electron chi connectivity index (χ2n) is 7.90. The maximum absolute atomic E-state index is 12.9. The molecular weight excluding hydrogens is 418 g/mol. The van der Waals surface area contributed by atoms with Crippen molar-refractivity contribution in [3.63, 3.8) is 0 Å². The number of rotatable bonds is 5. The van der Waals surface area contributed by atoms with Crippen molar-refractivity contribution in [3.8, 4) is 5.75 Å². The summed E-state index contributed by atoms with van der Waals surface area (Å²) in [5, 5.41) is 1.70. The van der Waals surface area contributed by atoms with Crippen molar-refractivity contribution in [2.75, 3.05) is 31.1 Å². The molecule has 0 saturated carbocycles. The summed E-state index contributed by atoms with van der Waals surface area (Å²) in [5.74, 6) is 1.23. The third-order valence-corrected chi connectivity index (χ3v) is 6.72. The average Bonchev–Trinajstić information content (AvgIpc) is 3.17. The quantitative estimate of drug-likeness (QED) is 0.544. The van der Waals surface area contributed by atoms with E-state index in [1.54, 1.807) is 11.3 Å². The lowest BCUT2D eigenvalue weighted by Crippen LogP contribution is -2.52. The Bertz CT molecular complexity index is 1030. The molecule has 30 heavy (non-hydrogen) atoms. The van der Waals surface area contributed by atoms with Gasteiger partial charge in [0.25, 0.3) is 5.91 Å². The molecule has 1 amide bonds. The van der Waals surface area contributed by atoms with Gasteiger partial charge in [0.1, 0.15) is 5.75 Å². The van der Waals surface area contributed by atoms with Gasteiger partial charge >= 0.3 is 0 Å². The number of carbonyl (C=O) groups excluding carboxylic acids is 1. The van der Waals surface area contributed by atoms with Gasteiger partial charge in [-0.05, 0) is 48.7 Å². The van der Waals surface area contributed by atoms with Crippen LogP contribution in [0.3, 0.4) is 0 Å². The number of carbonyl (C=O) groups is 1. The molecule has 1 atom stereocenters. The molecule has 1 unspecified atom stereocenters. The molecule has 1 saturated heterocycles. The van der Waals surface area contributed by atoms with Crippen LogP contribution in [0.4, 0.5) is 5.13 Å². The molecule has 2 heterocycles. The highest BCUT2D eigenvalue weighted by Gasteiger charge is 2.27. The van der Waals surface area contributed by atoms with Crippen LogP contribution in [0.15, 0.2) is 42.5 Å². The Morgan fingerprint density at radius 2 is 1.77 bits per heavy atom. The number of halogens is 1. The Morgan fingerprint density at radius 3 is 2.43 bits per heavy atom. The number of ether oxygens (including phenoxy) is 1. The molecule has 2 aromatic carbocycles. The number of hydrogen-bond donors (Lipinski definition) is 0. The number of amides is 1. The summed E-state index contributed by atoms with van der Waals surface area (Å²) in [6.45, 7) is 8.98. The van der Waals surface area contributed by atoms with E-state index in [0.717, 1.165) is 39.2 Å². The van der Waals surface area contributed by atoms with Crippen LogP contribution in [-0.4, -0.2) is 48.1 Å². The largest absolute Gasteiger partial charge is 0.481 e. The van der Waals surface area contributed by atoms with Crippen LogP contribution in [0, 0.1) is 0 Å². The van der Waals surface area contributed by atoms with Crippen molar-refractivity contribution in [2.45, 2.75) is 32.8 Å². The summed E-state index contributed by atoms with van der Waals surface area (Å²) in [6.07, 6.45) is -0.508. The number of piperazine rings is 1. The van der Waals surface area contributed by atoms with Crippen molar-refractivity contribution >= 4 is 44.2 Å². The highest BCUT2D eigenvalue weighted by atomic mass is 35.5. The zero-order valence-electron chi connectivity index (χ0n) is 17.5. The minimum Gasteiger partial charge on any atom is -0.481 e. The SMILES string of the molecule is CC(Oc1ccc(C(C)C)cc1)C(=O)N1CCN(c2nc3ccc(Cl)cc3s2)CC1. The molecule has 0 radical (unpaired) electrons. The lowest BCUT2D eigenvalue weighted by molar-refractivity contribution is -0.138. The third kappa shape index (κ3) is 4.55. The van der Waals surface area contributed by atoms with Gasteiger partial charge in [-0.15, -0.1) is 0 Å². The van der Waals surface area contributed by atoms with E-state index in [4.69, 9.17) is 21.3 Å². The van der Waals surface area contributed by atoms with Crippen LogP contribution in [0.5, 0.6) is 5.75 Å². The van der Waals surface area contributed by atoms with Crippen LogP contribution in [0.25, 0.3) is 10.2 Å². The third-order valence-electron chi connectivity index (χ3n) is 5.41. The maximum Gasteiger partial charge on any atom is 0.263 e. The number of aromatic nitrogens is 1. The van der Waals surface area contributed by atoms with E-state index < -0.39 is 6.10 Å². The Hall–Kier alpha value is -2.31. The fourth-order valence-electron chi connectivity index (χ4n) is 3.58. The van der Waals surface area contributed by atoms with Crippen molar-refractivity contribution < 1.29 is 9.53 Å². The molecule has 5 nitrogen and oxygen atoms in total. The van der Waals surface area contributed by atoms with Crippen LogP contribution >= 0.6 is 22.9 Å². The van der Waals surface area contributed by atoms with Gasteiger partial charge in [0.2, 0.25) is 0 Å². The molecule has 4 rings (SSSR count). The summed E-state index contributed by atoms with van der Waals surface area (Å²) < 4.78 is 6.98. The molecule has 1 aliphatic heterocycles. The summed E-state index contributed by atoms with van der Waals surface area (Å²) in [4.78, 5) is 21.7. The van der Waals surface area contributed by atoms with Crippen LogP contribution in [-0.2, 0) is 4.79 Å². The molecule has 0 aliphatic carbocycles. The van der Waals surface area contributed by atoms with Gasteiger partial charge in [-0.3, -0.25) is 4.79 Å². The Kier molecular flexibility index (Phi) is 6.16. The first-order chi connectivity index (χ1) is 14.4. The van der Waals surface area contributed by atoms with Gasteiger partial charge in [0.05, 0.1) is 10.2 Å². The monoisotopic (exact) mass is 443 g/mol. The predicted octanol–water partition coefficient (Wildman–Crippen LogP) is 5.19. The number of nitrogens with zero attached hydrogens (tertiary/aromatic N) is 3. The Labute approximate surface area is 186 Å². The molecule has 0 spiro atoms. The Balaban J connectivity index is 1.34. The van der Waals surface area contributed by atoms with Gasteiger partial charge in [-0.1, -0.05) is 48.9 Å². The first-order valence-electron chi connectivity index (χ1n) is 10.3. The molecule has 1 aromatic heterocycles. The topological polar surface area (TPSA) is 45.7 Å². The lowest BCUT2D eigenvalue weighted by Gasteiger charge is -2.35. The van der Waals surface area contributed by atoms with Crippen LogP contribution in [0.2, 0.25) is 5.02 Å². The lowest BCUT2D eigenvalue weighted by atomic mass is 10.0. The minimum absolute atomic E-state index is 0.0265. The number of hydrogen-bond acceptors (Lipinski definition) is 5. The highest BCUT2D eigenvalue weighted by Crippen LogP contribution is 2.31. The molecule has 158 valence electrons. The zero-order chi connectivity index (χ0) is 21.3. The molecule has 1 aliphatic rings. The van der Waals surface area contributed by atoms with Gasteiger partial charge in [-0.2, -0.15) is 0 Å². The molecule has 7 heteroatoms. The smallest absolute Gasteiger partial charge is 0.263 e. The molecular formula is C23H26ClN3O2S. The van der Waals surface area contributed by atoms with E-state index in [0.29, 0.717) is 19.0 Å². The molecule has 0 N–H and O–H groups in total. The number of anilines is 1. The van der Waals surface area contributed by atoms with E-state index in [1.807, 2.05) is 42.2 Å². The number of benzene rings is 2. The van der Waals surface area contributed by atoms with E-state index in [9.17, 15) is 4.79 Å². The van der Waals surface area contributed by atoms with E-state index >= 15 is 0 Å². The van der Waals surface area contributed by atoms with Crippen molar-refractivity contribution in [1.29, 1.82) is 0 Å². The zero-order valence-corrected chi connectivity index (χ0v) is 19.0. The first-order valence-corrected chi connectivity index (χ1v) is 11.5. The maximum atomic E-state index is 12.9. The standard InChI is InChI=1S/C23H26ClN3O2S/c1-15(2)17-4-7-19(8-5-17)29-16(3)22(28)26-10-12-27(13-11-26)23-25-20-9-6-18(24)14-21(20)30-23/h4-9,14-16H,10-13H2,1-3H3. The molecule has 0 bridgehead atoms. The van der Waals surface area contributed by atoms with Gasteiger partial charge in [0.15, 0.2) is 11.2 Å². The van der Waals surface area contributed by atoms with Crippen LogP contribution < -0.4 is 9.64 Å². The molecule has 3 aromatic rings. The van der Waals surface area contributed by atoms with Crippen LogP contribution in [0.1, 0.15) is 32.3 Å². The van der Waals surface area contributed by atoms with Gasteiger partial charge in [-0.25, -0.2) is 4.98 Å². The average molecular weight is 444 g/mol. The normalized spacial score (nSPS) is 15.6. The minimum atomic E-state index is -0.508. The highest BCUT2D eigenvalue weighted by molar-refractivity contribution is 7.22. The van der Waals surface area contributed by atoms with Crippen molar-refractivity contribution in [1.82, 2.24) is 9.88 Å². The molecule has 1 fully saturated rings.